The molecule has 3 atom stereocenters. The van der Waals surface area contributed by atoms with Crippen molar-refractivity contribution < 1.29 is 36.6 Å². The fraction of sp³-hybridized carbons (Fsp3) is 0.692. The van der Waals surface area contributed by atoms with Crippen molar-refractivity contribution in [3.63, 3.8) is 0 Å². The van der Waals surface area contributed by atoms with E-state index in [9.17, 15) is 15.0 Å². The summed E-state index contributed by atoms with van der Waals surface area (Å²) >= 11 is 0. The fourth-order valence-electron chi connectivity index (χ4n) is 3.68. The van der Waals surface area contributed by atoms with E-state index < -0.39 is 18.2 Å². The van der Waals surface area contributed by atoms with Crippen LogP contribution >= 0.6 is 0 Å². The molecule has 0 saturated carbocycles. The van der Waals surface area contributed by atoms with Gasteiger partial charge in [-0.15, -0.1) is 0 Å². The first-order chi connectivity index (χ1) is 15.6. The van der Waals surface area contributed by atoms with Crippen molar-refractivity contribution in [1.29, 1.82) is 0 Å². The predicted octanol–water partition coefficient (Wildman–Crippen LogP) is 1.77. The molecule has 1 unspecified atom stereocenters. The van der Waals surface area contributed by atoms with Gasteiger partial charge in [0.2, 0.25) is 6.17 Å². The van der Waals surface area contributed by atoms with Crippen LogP contribution in [0.5, 0.6) is 0 Å². The lowest BCUT2D eigenvalue weighted by atomic mass is 10.0. The summed E-state index contributed by atoms with van der Waals surface area (Å²) < 4.78 is 1.86. The van der Waals surface area contributed by atoms with E-state index in [1.165, 1.54) is 64.2 Å². The Morgan fingerprint density at radius 2 is 1.45 bits per heavy atom. The summed E-state index contributed by atoms with van der Waals surface area (Å²) in [5, 5.41) is 25.3. The molecule has 190 valence electrons. The number of rotatable bonds is 18. The summed E-state index contributed by atoms with van der Waals surface area (Å²) in [6, 6.07) is 4.51. The third kappa shape index (κ3) is 15.9. The first-order valence-corrected chi connectivity index (χ1v) is 12.6. The van der Waals surface area contributed by atoms with Gasteiger partial charge in [0.1, 0.15) is 0 Å². The number of hydrogen-bond acceptors (Lipinski definition) is 3. The zero-order valence-corrected chi connectivity index (χ0v) is 22.2. The minimum atomic E-state index is -0.918. The molecular weight excluding hydrogens is 482 g/mol. The van der Waals surface area contributed by atoms with Crippen molar-refractivity contribution in [2.75, 3.05) is 6.61 Å². The number of hydrogen-bond donors (Lipinski definition) is 4. The molecule has 7 heteroatoms. The molecule has 0 aliphatic heterocycles. The van der Waals surface area contributed by atoms with Crippen molar-refractivity contribution in [3.8, 4) is 0 Å². The van der Waals surface area contributed by atoms with Crippen LogP contribution < -0.4 is 32.2 Å². The van der Waals surface area contributed by atoms with Gasteiger partial charge >= 0.3 is 6.03 Å². The van der Waals surface area contributed by atoms with Crippen LogP contribution in [0.15, 0.2) is 42.7 Å². The molecule has 1 aromatic rings. The molecule has 0 aliphatic carbocycles. The Kier molecular flexibility index (Phi) is 20.2. The second kappa shape index (κ2) is 21.1. The minimum Gasteiger partial charge on any atom is -1.00 e. The first-order valence-electron chi connectivity index (χ1n) is 12.6. The highest BCUT2D eigenvalue weighted by molar-refractivity contribution is 5.74. The molecule has 1 rings (SSSR count). The van der Waals surface area contributed by atoms with Crippen LogP contribution in [0.25, 0.3) is 0 Å². The molecule has 0 aliphatic rings. The quantitative estimate of drug-likeness (QED) is 0.133. The summed E-state index contributed by atoms with van der Waals surface area (Å²) in [5.41, 5.74) is 0. The Morgan fingerprint density at radius 1 is 0.909 bits per heavy atom. The number of nitrogens with one attached hydrogen (secondary N) is 2. The molecule has 0 saturated heterocycles. The van der Waals surface area contributed by atoms with Gasteiger partial charge in [0, 0.05) is 19.1 Å². The number of amides is 2. The monoisotopic (exact) mass is 527 g/mol. The van der Waals surface area contributed by atoms with E-state index in [0.717, 1.165) is 12.8 Å². The number of allylic oxidation sites excluding steroid dienone is 1. The maximum Gasteiger partial charge on any atom is 0.320 e. The van der Waals surface area contributed by atoms with E-state index >= 15 is 0 Å². The van der Waals surface area contributed by atoms with Gasteiger partial charge in [-0.3, -0.25) is 5.32 Å². The molecule has 4 N–H and O–H groups in total. The van der Waals surface area contributed by atoms with Crippen molar-refractivity contribution in [2.45, 2.75) is 109 Å². The number of aliphatic hydroxyl groups is 2. The molecule has 0 radical (unpaired) electrons. The lowest BCUT2D eigenvalue weighted by molar-refractivity contribution is -0.723. The zero-order chi connectivity index (χ0) is 23.4. The lowest BCUT2D eigenvalue weighted by Gasteiger charge is -2.20. The van der Waals surface area contributed by atoms with Gasteiger partial charge < -0.3 is 32.5 Å². The zero-order valence-electron chi connectivity index (χ0n) is 20.6. The highest BCUT2D eigenvalue weighted by Gasteiger charge is 2.21. The van der Waals surface area contributed by atoms with Crippen molar-refractivity contribution in [3.05, 3.63) is 42.7 Å². The number of aliphatic hydroxyl groups excluding tert-OH is 2. The Labute approximate surface area is 211 Å². The third-order valence-corrected chi connectivity index (χ3v) is 5.76. The van der Waals surface area contributed by atoms with E-state index in [4.69, 9.17) is 0 Å². The second-order valence-corrected chi connectivity index (χ2v) is 8.65. The average molecular weight is 529 g/mol. The van der Waals surface area contributed by atoms with E-state index in [-0.39, 0.29) is 29.8 Å². The summed E-state index contributed by atoms with van der Waals surface area (Å²) in [7, 11) is 0. The molecule has 0 fully saturated rings. The van der Waals surface area contributed by atoms with Gasteiger partial charge in [0.05, 0.1) is 18.8 Å². The van der Waals surface area contributed by atoms with Crippen LogP contribution in [0.2, 0.25) is 0 Å². The van der Waals surface area contributed by atoms with Crippen LogP contribution in [0.1, 0.15) is 97.1 Å². The van der Waals surface area contributed by atoms with Gasteiger partial charge in [-0.1, -0.05) is 89.4 Å². The van der Waals surface area contributed by atoms with Crippen molar-refractivity contribution in [2.24, 2.45) is 0 Å². The smallest absolute Gasteiger partial charge is 0.320 e. The first kappa shape index (κ1) is 31.6. The van der Waals surface area contributed by atoms with Gasteiger partial charge in [-0.05, 0) is 12.8 Å². The van der Waals surface area contributed by atoms with Crippen LogP contribution in [0.4, 0.5) is 4.79 Å². The number of carbonyl (C=O) groups is 1. The molecule has 33 heavy (non-hydrogen) atoms. The number of pyridine rings is 1. The number of halogens is 1. The maximum atomic E-state index is 12.2. The van der Waals surface area contributed by atoms with Gasteiger partial charge in [0.15, 0.2) is 12.4 Å². The summed E-state index contributed by atoms with van der Waals surface area (Å²) in [6.45, 7) is 3.78. The molecule has 0 bridgehead atoms. The van der Waals surface area contributed by atoms with Gasteiger partial charge in [0.25, 0.3) is 0 Å². The van der Waals surface area contributed by atoms with E-state index in [2.05, 4.69) is 17.6 Å². The number of nitrogens with zero attached hydrogens (tertiary/aromatic N) is 1. The van der Waals surface area contributed by atoms with Crippen molar-refractivity contribution in [1.82, 2.24) is 10.6 Å². The molecule has 1 aromatic heterocycles. The minimum absolute atomic E-state index is 0. The Morgan fingerprint density at radius 3 is 2.00 bits per heavy atom. The van der Waals surface area contributed by atoms with Crippen LogP contribution in [0.3, 0.4) is 0 Å². The van der Waals surface area contributed by atoms with E-state index in [0.29, 0.717) is 0 Å². The topological polar surface area (TPSA) is 85.5 Å². The molecule has 0 spiro atoms. The molecule has 6 nitrogen and oxygen atoms in total. The van der Waals surface area contributed by atoms with E-state index in [1.807, 2.05) is 48.2 Å². The number of urea groups is 1. The maximum absolute atomic E-state index is 12.2. The van der Waals surface area contributed by atoms with Gasteiger partial charge in [-0.2, -0.15) is 4.57 Å². The fourth-order valence-corrected chi connectivity index (χ4v) is 3.68. The summed E-state index contributed by atoms with van der Waals surface area (Å²) in [5.74, 6) is 0. The number of unbranched alkanes of at least 4 members (excludes halogenated alkanes) is 11. The number of aromatic nitrogens is 1. The molecule has 0 aromatic carbocycles. The highest BCUT2D eigenvalue weighted by atomic mass is 79.9. The average Bonchev–Trinajstić information content (AvgIpc) is 2.80. The summed E-state index contributed by atoms with van der Waals surface area (Å²) in [4.78, 5) is 12.2. The van der Waals surface area contributed by atoms with Crippen molar-refractivity contribution >= 4 is 6.03 Å². The third-order valence-electron chi connectivity index (χ3n) is 5.76. The molecule has 2 amide bonds. The highest BCUT2D eigenvalue weighted by Crippen LogP contribution is 2.12. The number of carbonyl (C=O) groups excluding carboxylic acids is 1. The lowest BCUT2D eigenvalue weighted by Crippen LogP contribution is -3.00. The Hall–Kier alpha value is -1.44. The largest absolute Gasteiger partial charge is 1.00 e. The van der Waals surface area contributed by atoms with E-state index in [1.54, 1.807) is 6.08 Å². The SMILES string of the molecule is CCCCCCCCCCCCC/C=C/[C@@H](O)[C@H](CO)NC(=O)NC(C)[n+]1ccccc1.[Br-]. The van der Waals surface area contributed by atoms with Crippen LogP contribution in [-0.4, -0.2) is 35.0 Å². The predicted molar refractivity (Wildman–Crippen MR) is 130 cm³/mol. The molecule has 1 heterocycles. The normalized spacial score (nSPS) is 13.8. The summed E-state index contributed by atoms with van der Waals surface area (Å²) in [6.07, 6.45) is 21.5. The van der Waals surface area contributed by atoms with Gasteiger partial charge in [-0.25, -0.2) is 4.79 Å². The van der Waals surface area contributed by atoms with Crippen LogP contribution in [0, 0.1) is 0 Å². The Bertz CT molecular complexity index is 616. The van der Waals surface area contributed by atoms with Crippen LogP contribution in [-0.2, 0) is 0 Å². The standard InChI is InChI=1S/C26H45N3O3.BrH/c1-3-4-5-6-7-8-9-10-11-12-13-14-16-19-25(31)24(22-30)28-26(32)27-23(2)29-20-17-15-18-21-29;/h15-21,23-25,30-31H,3-14,22H2,1-2H3,(H-,27,28,32);1H/b19-16+;/t23?,24-,25+;/m0./s1. The Balaban J connectivity index is 0.0000102. The molecular formula is C26H46BrN3O3. The second-order valence-electron chi connectivity index (χ2n) is 8.65.